The van der Waals surface area contributed by atoms with Crippen LogP contribution in [0.5, 0.6) is 0 Å². The van der Waals surface area contributed by atoms with Gasteiger partial charge in [-0.2, -0.15) is 0 Å². The molecule has 0 spiro atoms. The first-order chi connectivity index (χ1) is 9.16. The van der Waals surface area contributed by atoms with Crippen molar-refractivity contribution in [3.05, 3.63) is 40.2 Å². The minimum absolute atomic E-state index is 0.105. The van der Waals surface area contributed by atoms with Crippen LogP contribution >= 0.6 is 0 Å². The van der Waals surface area contributed by atoms with Crippen LogP contribution in [0.1, 0.15) is 25.5 Å². The average Bonchev–Trinajstić information content (AvgIpc) is 2.39. The Labute approximate surface area is 112 Å². The van der Waals surface area contributed by atoms with E-state index in [4.69, 9.17) is 4.42 Å². The number of nitrogens with zero attached hydrogens (tertiary/aromatic N) is 1. The molecule has 3 nitrogen and oxygen atoms in total. The first-order valence-corrected chi connectivity index (χ1v) is 6.94. The Morgan fingerprint density at radius 2 is 2.11 bits per heavy atom. The first-order valence-electron chi connectivity index (χ1n) is 6.94. The van der Waals surface area contributed by atoms with Gasteiger partial charge in [-0.25, -0.2) is 0 Å². The zero-order valence-corrected chi connectivity index (χ0v) is 11.5. The number of hydrogen-bond donors (Lipinski definition) is 0. The SMILES string of the molecule is Cc1oc2ccccc2c(=O)c1N1CCC[C@H](C)C1. The Balaban J connectivity index is 2.15. The summed E-state index contributed by atoms with van der Waals surface area (Å²) in [7, 11) is 0. The summed E-state index contributed by atoms with van der Waals surface area (Å²) in [5, 5.41) is 0.682. The average molecular weight is 257 g/mol. The summed E-state index contributed by atoms with van der Waals surface area (Å²) in [6, 6.07) is 7.48. The lowest BCUT2D eigenvalue weighted by Gasteiger charge is -2.32. The lowest BCUT2D eigenvalue weighted by molar-refractivity contribution is 0.441. The topological polar surface area (TPSA) is 33.5 Å². The van der Waals surface area contributed by atoms with E-state index in [2.05, 4.69) is 11.8 Å². The molecule has 1 aromatic carbocycles. The van der Waals surface area contributed by atoms with Crippen molar-refractivity contribution in [3.8, 4) is 0 Å². The molecule has 0 aliphatic carbocycles. The van der Waals surface area contributed by atoms with Crippen molar-refractivity contribution in [2.24, 2.45) is 5.92 Å². The standard InChI is InChI=1S/C16H19NO2/c1-11-6-5-9-17(10-11)15-12(2)19-14-8-4-3-7-13(14)16(15)18/h3-4,7-8,11H,5-6,9-10H2,1-2H3/t11-/m0/s1. The molecule has 0 radical (unpaired) electrons. The van der Waals surface area contributed by atoms with Gasteiger partial charge in [0.05, 0.1) is 5.39 Å². The van der Waals surface area contributed by atoms with E-state index in [1.807, 2.05) is 31.2 Å². The number of benzene rings is 1. The van der Waals surface area contributed by atoms with Crippen LogP contribution in [-0.2, 0) is 0 Å². The molecule has 100 valence electrons. The maximum atomic E-state index is 12.7. The quantitative estimate of drug-likeness (QED) is 0.785. The number of fused-ring (bicyclic) bond motifs is 1. The van der Waals surface area contributed by atoms with Gasteiger partial charge in [-0.3, -0.25) is 4.79 Å². The Kier molecular flexibility index (Phi) is 3.05. The molecule has 1 aliphatic heterocycles. The van der Waals surface area contributed by atoms with E-state index in [1.54, 1.807) is 0 Å². The van der Waals surface area contributed by atoms with E-state index in [0.717, 1.165) is 31.0 Å². The molecule has 2 heterocycles. The second-order valence-corrected chi connectivity index (χ2v) is 5.53. The van der Waals surface area contributed by atoms with E-state index in [1.165, 1.54) is 6.42 Å². The number of anilines is 1. The summed E-state index contributed by atoms with van der Waals surface area (Å²) in [4.78, 5) is 14.8. The molecule has 0 unspecified atom stereocenters. The molecule has 1 aliphatic rings. The highest BCUT2D eigenvalue weighted by molar-refractivity contribution is 5.80. The van der Waals surface area contributed by atoms with Crippen LogP contribution in [-0.4, -0.2) is 13.1 Å². The number of hydrogen-bond acceptors (Lipinski definition) is 3. The predicted molar refractivity (Wildman–Crippen MR) is 77.8 cm³/mol. The number of aryl methyl sites for hydroxylation is 1. The lowest BCUT2D eigenvalue weighted by Crippen LogP contribution is -2.37. The van der Waals surface area contributed by atoms with Crippen molar-refractivity contribution in [2.45, 2.75) is 26.7 Å². The van der Waals surface area contributed by atoms with Crippen LogP contribution in [0.4, 0.5) is 5.69 Å². The second kappa shape index (κ2) is 4.72. The number of piperidine rings is 1. The van der Waals surface area contributed by atoms with E-state index in [-0.39, 0.29) is 5.43 Å². The zero-order valence-electron chi connectivity index (χ0n) is 11.5. The fourth-order valence-electron chi connectivity index (χ4n) is 3.00. The van der Waals surface area contributed by atoms with Crippen LogP contribution < -0.4 is 10.3 Å². The Morgan fingerprint density at radius 3 is 2.89 bits per heavy atom. The number of rotatable bonds is 1. The Bertz CT molecular complexity index is 659. The molecule has 3 rings (SSSR count). The predicted octanol–water partition coefficient (Wildman–Crippen LogP) is 3.34. The molecule has 1 atom stereocenters. The van der Waals surface area contributed by atoms with Crippen molar-refractivity contribution in [1.29, 1.82) is 0 Å². The van der Waals surface area contributed by atoms with Gasteiger partial charge in [0.2, 0.25) is 5.43 Å². The van der Waals surface area contributed by atoms with Crippen molar-refractivity contribution in [2.75, 3.05) is 18.0 Å². The fraction of sp³-hybridized carbons (Fsp3) is 0.438. The highest BCUT2D eigenvalue weighted by Gasteiger charge is 2.22. The summed E-state index contributed by atoms with van der Waals surface area (Å²) in [5.41, 5.74) is 1.54. The maximum Gasteiger partial charge on any atom is 0.216 e. The van der Waals surface area contributed by atoms with Crippen molar-refractivity contribution in [1.82, 2.24) is 0 Å². The van der Waals surface area contributed by atoms with Gasteiger partial charge in [0, 0.05) is 13.1 Å². The lowest BCUT2D eigenvalue weighted by atomic mass is 9.99. The van der Waals surface area contributed by atoms with E-state index < -0.39 is 0 Å². The summed E-state index contributed by atoms with van der Waals surface area (Å²) in [5.74, 6) is 1.37. The van der Waals surface area contributed by atoms with Gasteiger partial charge in [-0.05, 0) is 37.8 Å². The zero-order chi connectivity index (χ0) is 13.4. The molecule has 0 N–H and O–H groups in total. The third-order valence-corrected chi connectivity index (χ3v) is 3.92. The van der Waals surface area contributed by atoms with Crippen molar-refractivity contribution < 1.29 is 4.42 Å². The van der Waals surface area contributed by atoms with Gasteiger partial charge in [-0.15, -0.1) is 0 Å². The molecule has 3 heteroatoms. The smallest absolute Gasteiger partial charge is 0.216 e. The van der Waals surface area contributed by atoms with Gasteiger partial charge in [0.15, 0.2) is 0 Å². The highest BCUT2D eigenvalue weighted by atomic mass is 16.3. The summed E-state index contributed by atoms with van der Waals surface area (Å²) in [6.45, 7) is 6.03. The largest absolute Gasteiger partial charge is 0.459 e. The molecule has 1 fully saturated rings. The molecule has 0 saturated carbocycles. The van der Waals surface area contributed by atoms with Gasteiger partial charge in [0.1, 0.15) is 17.0 Å². The summed E-state index contributed by atoms with van der Waals surface area (Å²) >= 11 is 0. The minimum Gasteiger partial charge on any atom is -0.459 e. The van der Waals surface area contributed by atoms with Crippen LogP contribution in [0.2, 0.25) is 0 Å². The Morgan fingerprint density at radius 1 is 1.32 bits per heavy atom. The first kappa shape index (κ1) is 12.3. The van der Waals surface area contributed by atoms with Crippen LogP contribution in [0, 0.1) is 12.8 Å². The van der Waals surface area contributed by atoms with Gasteiger partial charge in [-0.1, -0.05) is 19.1 Å². The molecular formula is C16H19NO2. The second-order valence-electron chi connectivity index (χ2n) is 5.53. The molecule has 0 bridgehead atoms. The third-order valence-electron chi connectivity index (χ3n) is 3.92. The van der Waals surface area contributed by atoms with Crippen LogP contribution in [0.15, 0.2) is 33.5 Å². The normalized spacial score (nSPS) is 19.9. The molecular weight excluding hydrogens is 238 g/mol. The minimum atomic E-state index is 0.105. The molecule has 1 aromatic heterocycles. The molecule has 19 heavy (non-hydrogen) atoms. The van der Waals surface area contributed by atoms with Crippen molar-refractivity contribution >= 4 is 16.7 Å². The van der Waals surface area contributed by atoms with Crippen LogP contribution in [0.3, 0.4) is 0 Å². The van der Waals surface area contributed by atoms with E-state index in [9.17, 15) is 4.79 Å². The van der Waals surface area contributed by atoms with E-state index >= 15 is 0 Å². The van der Waals surface area contributed by atoms with Gasteiger partial charge >= 0.3 is 0 Å². The van der Waals surface area contributed by atoms with Gasteiger partial charge in [0.25, 0.3) is 0 Å². The Hall–Kier alpha value is -1.77. The molecule has 0 amide bonds. The molecule has 1 saturated heterocycles. The third kappa shape index (κ3) is 2.14. The van der Waals surface area contributed by atoms with Crippen LogP contribution in [0.25, 0.3) is 11.0 Å². The fourth-order valence-corrected chi connectivity index (χ4v) is 3.00. The van der Waals surface area contributed by atoms with E-state index in [0.29, 0.717) is 16.9 Å². The monoisotopic (exact) mass is 257 g/mol. The highest BCUT2D eigenvalue weighted by Crippen LogP contribution is 2.25. The maximum absolute atomic E-state index is 12.7. The number of para-hydroxylation sites is 1. The summed E-state index contributed by atoms with van der Waals surface area (Å²) < 4.78 is 5.82. The summed E-state index contributed by atoms with van der Waals surface area (Å²) in [6.07, 6.45) is 2.39. The van der Waals surface area contributed by atoms with Gasteiger partial charge < -0.3 is 9.32 Å². The van der Waals surface area contributed by atoms with Crippen molar-refractivity contribution in [3.63, 3.8) is 0 Å². The molecule has 2 aromatic rings.